The number of benzene rings is 2. The molecule has 0 saturated heterocycles. The summed E-state index contributed by atoms with van der Waals surface area (Å²) in [7, 11) is -3.64. The summed E-state index contributed by atoms with van der Waals surface area (Å²) in [5, 5.41) is 4.87. The molecule has 0 fully saturated rings. The van der Waals surface area contributed by atoms with E-state index in [0.29, 0.717) is 27.4 Å². The van der Waals surface area contributed by atoms with Gasteiger partial charge in [-0.2, -0.15) is 0 Å². The van der Waals surface area contributed by atoms with Crippen molar-refractivity contribution in [3.8, 4) is 0 Å². The van der Waals surface area contributed by atoms with Gasteiger partial charge in [0.05, 0.1) is 10.7 Å². The summed E-state index contributed by atoms with van der Waals surface area (Å²) in [5.74, 6) is -0.284. The largest absolute Gasteiger partial charge is 0.356 e. The van der Waals surface area contributed by atoms with Crippen LogP contribution < -0.4 is 4.72 Å². The Morgan fingerprint density at radius 2 is 2.00 bits per heavy atom. The molecule has 0 bridgehead atoms. The van der Waals surface area contributed by atoms with Crippen LogP contribution in [0.5, 0.6) is 0 Å². The Kier molecular flexibility index (Phi) is 3.80. The number of hydrogen-bond donors (Lipinski definition) is 1. The molecular formula is C15H13ClN2O3S. The van der Waals surface area contributed by atoms with Crippen LogP contribution in [0, 0.1) is 6.92 Å². The number of halogens is 1. The van der Waals surface area contributed by atoms with E-state index in [9.17, 15) is 8.42 Å². The van der Waals surface area contributed by atoms with E-state index in [2.05, 4.69) is 9.88 Å². The lowest BCUT2D eigenvalue weighted by molar-refractivity contribution is 0.448. The zero-order chi connectivity index (χ0) is 15.7. The second kappa shape index (κ2) is 5.62. The standard InChI is InChI=1S/C15H13ClN2O3S/c1-10-6-7-13(12(16)8-10)18-22(19,20)9-14-11-4-2-3-5-15(11)21-17-14/h2-8,18H,9H2,1H3. The van der Waals surface area contributed by atoms with Crippen molar-refractivity contribution in [3.05, 3.63) is 58.7 Å². The van der Waals surface area contributed by atoms with Crippen molar-refractivity contribution in [2.45, 2.75) is 12.7 Å². The van der Waals surface area contributed by atoms with Crippen molar-refractivity contribution >= 4 is 38.3 Å². The van der Waals surface area contributed by atoms with Crippen molar-refractivity contribution < 1.29 is 12.9 Å². The Bertz CT molecular complexity index is 935. The Hall–Kier alpha value is -2.05. The molecule has 0 aliphatic rings. The summed E-state index contributed by atoms with van der Waals surface area (Å²) in [6, 6.07) is 12.2. The molecule has 0 aliphatic heterocycles. The fourth-order valence-corrected chi connectivity index (χ4v) is 3.62. The number of nitrogens with one attached hydrogen (secondary N) is 1. The van der Waals surface area contributed by atoms with Gasteiger partial charge in [-0.25, -0.2) is 8.42 Å². The molecule has 0 radical (unpaired) electrons. The molecule has 1 N–H and O–H groups in total. The summed E-state index contributed by atoms with van der Waals surface area (Å²) in [6.07, 6.45) is 0. The monoisotopic (exact) mass is 336 g/mol. The topological polar surface area (TPSA) is 72.2 Å². The van der Waals surface area contributed by atoms with Crippen LogP contribution in [-0.4, -0.2) is 13.6 Å². The SMILES string of the molecule is Cc1ccc(NS(=O)(=O)Cc2noc3ccccc23)c(Cl)c1. The van der Waals surface area contributed by atoms with Gasteiger partial charge >= 0.3 is 0 Å². The smallest absolute Gasteiger partial charge is 0.238 e. The Morgan fingerprint density at radius 1 is 1.23 bits per heavy atom. The number of hydrogen-bond acceptors (Lipinski definition) is 4. The number of aromatic nitrogens is 1. The maximum absolute atomic E-state index is 12.3. The van der Waals surface area contributed by atoms with E-state index in [1.165, 1.54) is 0 Å². The molecule has 5 nitrogen and oxygen atoms in total. The van der Waals surface area contributed by atoms with Gasteiger partial charge in [-0.1, -0.05) is 35.0 Å². The van der Waals surface area contributed by atoms with Gasteiger partial charge < -0.3 is 4.52 Å². The highest BCUT2D eigenvalue weighted by molar-refractivity contribution is 7.91. The molecule has 0 aliphatic carbocycles. The van der Waals surface area contributed by atoms with E-state index in [1.54, 1.807) is 42.5 Å². The molecule has 2 aromatic carbocycles. The van der Waals surface area contributed by atoms with Gasteiger partial charge in [0.15, 0.2) is 5.58 Å². The van der Waals surface area contributed by atoms with Crippen molar-refractivity contribution in [2.24, 2.45) is 0 Å². The van der Waals surface area contributed by atoms with E-state index >= 15 is 0 Å². The first-order valence-electron chi connectivity index (χ1n) is 6.54. The predicted octanol–water partition coefficient (Wildman–Crippen LogP) is 3.73. The highest BCUT2D eigenvalue weighted by Crippen LogP contribution is 2.25. The maximum Gasteiger partial charge on any atom is 0.238 e. The van der Waals surface area contributed by atoms with E-state index in [-0.39, 0.29) is 5.75 Å². The van der Waals surface area contributed by atoms with Gasteiger partial charge in [-0.05, 0) is 36.8 Å². The van der Waals surface area contributed by atoms with Crippen molar-refractivity contribution in [1.29, 1.82) is 0 Å². The summed E-state index contributed by atoms with van der Waals surface area (Å²) >= 11 is 6.05. The molecule has 3 aromatic rings. The molecule has 7 heteroatoms. The Morgan fingerprint density at radius 3 is 2.77 bits per heavy atom. The maximum atomic E-state index is 12.3. The molecule has 3 rings (SSSR count). The van der Waals surface area contributed by atoms with Crippen LogP contribution >= 0.6 is 11.6 Å². The third-order valence-corrected chi connectivity index (χ3v) is 4.67. The zero-order valence-corrected chi connectivity index (χ0v) is 13.3. The van der Waals surface area contributed by atoms with Gasteiger partial charge in [0.1, 0.15) is 11.4 Å². The van der Waals surface area contributed by atoms with Crippen LogP contribution in [-0.2, 0) is 15.8 Å². The molecule has 22 heavy (non-hydrogen) atoms. The van der Waals surface area contributed by atoms with Crippen LogP contribution in [0.2, 0.25) is 5.02 Å². The lowest BCUT2D eigenvalue weighted by atomic mass is 10.2. The van der Waals surface area contributed by atoms with Crippen LogP contribution in [0.1, 0.15) is 11.3 Å². The lowest BCUT2D eigenvalue weighted by Crippen LogP contribution is -2.15. The Balaban J connectivity index is 1.87. The number of para-hydroxylation sites is 1. The fraction of sp³-hybridized carbons (Fsp3) is 0.133. The fourth-order valence-electron chi connectivity index (χ4n) is 2.13. The average Bonchev–Trinajstić information content (AvgIpc) is 2.85. The van der Waals surface area contributed by atoms with E-state index < -0.39 is 10.0 Å². The molecule has 0 spiro atoms. The van der Waals surface area contributed by atoms with Crippen molar-refractivity contribution in [2.75, 3.05) is 4.72 Å². The van der Waals surface area contributed by atoms with E-state index in [4.69, 9.17) is 16.1 Å². The van der Waals surface area contributed by atoms with Crippen LogP contribution in [0.4, 0.5) is 5.69 Å². The molecule has 0 amide bonds. The Labute approximate surface area is 132 Å². The van der Waals surface area contributed by atoms with Crippen LogP contribution in [0.15, 0.2) is 47.0 Å². The van der Waals surface area contributed by atoms with E-state index in [0.717, 1.165) is 5.56 Å². The van der Waals surface area contributed by atoms with Gasteiger partial charge in [-0.15, -0.1) is 0 Å². The zero-order valence-electron chi connectivity index (χ0n) is 11.7. The van der Waals surface area contributed by atoms with E-state index in [1.807, 2.05) is 6.92 Å². The number of aryl methyl sites for hydroxylation is 1. The lowest BCUT2D eigenvalue weighted by Gasteiger charge is -2.09. The van der Waals surface area contributed by atoms with Crippen molar-refractivity contribution in [3.63, 3.8) is 0 Å². The summed E-state index contributed by atoms with van der Waals surface area (Å²) in [4.78, 5) is 0. The molecule has 0 unspecified atom stereocenters. The third kappa shape index (κ3) is 3.08. The molecular weight excluding hydrogens is 324 g/mol. The van der Waals surface area contributed by atoms with Gasteiger partial charge in [0, 0.05) is 5.39 Å². The number of rotatable bonds is 4. The number of anilines is 1. The minimum atomic E-state index is -3.64. The first kappa shape index (κ1) is 14.9. The summed E-state index contributed by atoms with van der Waals surface area (Å²) < 4.78 is 32.2. The molecule has 0 atom stereocenters. The summed E-state index contributed by atoms with van der Waals surface area (Å²) in [5.41, 5.74) is 2.22. The highest BCUT2D eigenvalue weighted by atomic mass is 35.5. The van der Waals surface area contributed by atoms with Crippen LogP contribution in [0.3, 0.4) is 0 Å². The minimum Gasteiger partial charge on any atom is -0.356 e. The molecule has 0 saturated carbocycles. The highest BCUT2D eigenvalue weighted by Gasteiger charge is 2.18. The van der Waals surface area contributed by atoms with Crippen LogP contribution in [0.25, 0.3) is 11.0 Å². The summed E-state index contributed by atoms with van der Waals surface area (Å²) in [6.45, 7) is 1.88. The second-order valence-corrected chi connectivity index (χ2v) is 7.10. The van der Waals surface area contributed by atoms with Gasteiger partial charge in [-0.3, -0.25) is 4.72 Å². The quantitative estimate of drug-likeness (QED) is 0.788. The number of fused-ring (bicyclic) bond motifs is 1. The normalized spacial score (nSPS) is 11.7. The van der Waals surface area contributed by atoms with Crippen molar-refractivity contribution in [1.82, 2.24) is 5.16 Å². The molecule has 1 aromatic heterocycles. The van der Waals surface area contributed by atoms with Gasteiger partial charge in [0.2, 0.25) is 10.0 Å². The second-order valence-electron chi connectivity index (χ2n) is 4.97. The molecule has 114 valence electrons. The number of nitrogens with zero attached hydrogens (tertiary/aromatic N) is 1. The van der Waals surface area contributed by atoms with Gasteiger partial charge in [0.25, 0.3) is 0 Å². The third-order valence-electron chi connectivity index (χ3n) is 3.17. The first-order valence-corrected chi connectivity index (χ1v) is 8.57. The molecule has 1 heterocycles. The first-order chi connectivity index (χ1) is 10.4. The minimum absolute atomic E-state index is 0.284. The average molecular weight is 337 g/mol. The predicted molar refractivity (Wildman–Crippen MR) is 86.4 cm³/mol. The number of sulfonamides is 1.